The minimum absolute atomic E-state index is 0.151. The fourth-order valence-corrected chi connectivity index (χ4v) is 3.05. The van der Waals surface area contributed by atoms with E-state index in [1.165, 1.54) is 36.4 Å². The molecule has 8 heteroatoms. The molecule has 0 radical (unpaired) electrons. The van der Waals surface area contributed by atoms with Crippen LogP contribution in [0.5, 0.6) is 0 Å². The Hall–Kier alpha value is -4.30. The molecule has 0 heterocycles. The average Bonchev–Trinajstić information content (AvgIpc) is 2.90. The number of carbonyl (C=O) groups excluding carboxylic acids is 4. The summed E-state index contributed by atoms with van der Waals surface area (Å²) >= 11 is 0. The lowest BCUT2D eigenvalue weighted by Gasteiger charge is -2.29. The number of hydrogen-bond donors (Lipinski definition) is 1. The van der Waals surface area contributed by atoms with E-state index < -0.39 is 42.8 Å². The van der Waals surface area contributed by atoms with Crippen LogP contribution < -0.4 is 0 Å². The maximum atomic E-state index is 12.7. The van der Waals surface area contributed by atoms with Gasteiger partial charge in [-0.25, -0.2) is 14.4 Å². The highest BCUT2D eigenvalue weighted by Crippen LogP contribution is 2.18. The fraction of sp³-hybridized carbons (Fsp3) is 0.154. The molecule has 0 aliphatic rings. The number of esters is 3. The van der Waals surface area contributed by atoms with Gasteiger partial charge in [0.25, 0.3) is 0 Å². The topological polar surface area (TPSA) is 116 Å². The van der Waals surface area contributed by atoms with E-state index in [2.05, 4.69) is 0 Å². The van der Waals surface area contributed by atoms with Gasteiger partial charge in [-0.15, -0.1) is 0 Å². The summed E-state index contributed by atoms with van der Waals surface area (Å²) in [6, 6.07) is 23.7. The molecule has 0 amide bonds. The molecule has 3 aromatic rings. The van der Waals surface area contributed by atoms with Crippen molar-refractivity contribution >= 4 is 24.2 Å². The first-order valence-electron chi connectivity index (χ1n) is 10.4. The van der Waals surface area contributed by atoms with Gasteiger partial charge in [-0.2, -0.15) is 0 Å². The van der Waals surface area contributed by atoms with Crippen molar-refractivity contribution in [1.82, 2.24) is 0 Å². The molecule has 0 saturated carbocycles. The molecule has 0 spiro atoms. The van der Waals surface area contributed by atoms with Gasteiger partial charge in [0.1, 0.15) is 0 Å². The molecule has 3 rings (SSSR count). The van der Waals surface area contributed by atoms with Crippen LogP contribution in [-0.2, 0) is 19.0 Å². The van der Waals surface area contributed by atoms with E-state index in [1.807, 2.05) is 0 Å². The Morgan fingerprint density at radius 2 is 1.03 bits per heavy atom. The van der Waals surface area contributed by atoms with Crippen LogP contribution >= 0.6 is 0 Å². The van der Waals surface area contributed by atoms with Crippen LogP contribution in [0.1, 0.15) is 31.1 Å². The predicted molar refractivity (Wildman–Crippen MR) is 120 cm³/mol. The van der Waals surface area contributed by atoms with Gasteiger partial charge >= 0.3 is 17.9 Å². The number of aliphatic hydroxyl groups excluding tert-OH is 1. The average molecular weight is 462 g/mol. The summed E-state index contributed by atoms with van der Waals surface area (Å²) in [6.07, 6.45) is -4.53. The van der Waals surface area contributed by atoms with E-state index in [0.29, 0.717) is 0 Å². The van der Waals surface area contributed by atoms with Gasteiger partial charge in [-0.05, 0) is 36.4 Å². The summed E-state index contributed by atoms with van der Waals surface area (Å²) in [5.74, 6) is -2.54. The van der Waals surface area contributed by atoms with Crippen molar-refractivity contribution in [3.8, 4) is 0 Å². The number of hydrogen-bond acceptors (Lipinski definition) is 8. The summed E-state index contributed by atoms with van der Waals surface area (Å²) in [5, 5.41) is 9.95. The highest BCUT2D eigenvalue weighted by molar-refractivity contribution is 5.92. The van der Waals surface area contributed by atoms with Crippen LogP contribution in [0.25, 0.3) is 0 Å². The van der Waals surface area contributed by atoms with E-state index in [0.717, 1.165) is 0 Å². The molecule has 34 heavy (non-hydrogen) atoms. The van der Waals surface area contributed by atoms with Crippen molar-refractivity contribution in [2.24, 2.45) is 0 Å². The molecule has 0 aliphatic heterocycles. The molecule has 174 valence electrons. The van der Waals surface area contributed by atoms with Crippen molar-refractivity contribution in [2.45, 2.75) is 18.3 Å². The van der Waals surface area contributed by atoms with Crippen LogP contribution in [0.4, 0.5) is 0 Å². The quantitative estimate of drug-likeness (QED) is 0.278. The Morgan fingerprint density at radius 1 is 0.647 bits per heavy atom. The highest BCUT2D eigenvalue weighted by Gasteiger charge is 2.38. The standard InChI is InChI=1S/C26H22O8/c27-16-21(32-24(29)18-10-4-1-5-11-18)23(34-26(31)20-14-8-3-9-15-20)22(17-28)33-25(30)19-12-6-2-7-13-19/h1-16,21-23,28H,17H2/t21-,22+,23-/m1/s1. The number of ether oxygens (including phenoxy) is 3. The van der Waals surface area contributed by atoms with Gasteiger partial charge in [0.05, 0.1) is 23.3 Å². The molecule has 0 saturated heterocycles. The third-order valence-electron chi connectivity index (χ3n) is 4.78. The summed E-state index contributed by atoms with van der Waals surface area (Å²) in [6.45, 7) is -0.807. The molecule has 0 unspecified atom stereocenters. The lowest BCUT2D eigenvalue weighted by molar-refractivity contribution is -0.131. The Morgan fingerprint density at radius 3 is 1.41 bits per heavy atom. The smallest absolute Gasteiger partial charge is 0.338 e. The Bertz CT molecular complexity index is 1100. The molecule has 0 bridgehead atoms. The fourth-order valence-electron chi connectivity index (χ4n) is 3.05. The largest absolute Gasteiger partial charge is 0.452 e. The Balaban J connectivity index is 1.87. The highest BCUT2D eigenvalue weighted by atomic mass is 16.6. The van der Waals surface area contributed by atoms with E-state index >= 15 is 0 Å². The van der Waals surface area contributed by atoms with Gasteiger partial charge in [-0.1, -0.05) is 54.6 Å². The van der Waals surface area contributed by atoms with Crippen molar-refractivity contribution in [3.05, 3.63) is 108 Å². The first kappa shape index (κ1) is 24.3. The summed E-state index contributed by atoms with van der Waals surface area (Å²) in [5.41, 5.74) is 0.486. The van der Waals surface area contributed by atoms with Gasteiger partial charge in [0.2, 0.25) is 0 Å². The third kappa shape index (κ3) is 6.36. The summed E-state index contributed by atoms with van der Waals surface area (Å²) in [4.78, 5) is 49.7. The molecule has 0 aliphatic carbocycles. The monoisotopic (exact) mass is 462 g/mol. The molecule has 0 fully saturated rings. The molecule has 3 aromatic carbocycles. The van der Waals surface area contributed by atoms with E-state index in [9.17, 15) is 24.3 Å². The zero-order chi connectivity index (χ0) is 24.3. The van der Waals surface area contributed by atoms with Crippen LogP contribution in [0.15, 0.2) is 91.0 Å². The molecule has 0 aromatic heterocycles. The SMILES string of the molecule is O=C[C@@H](OC(=O)c1ccccc1)[C@@H](OC(=O)c1ccccc1)[C@H](CO)OC(=O)c1ccccc1. The van der Waals surface area contributed by atoms with E-state index in [4.69, 9.17) is 14.2 Å². The van der Waals surface area contributed by atoms with Crippen LogP contribution in [0.2, 0.25) is 0 Å². The Labute approximate surface area is 195 Å². The summed E-state index contributed by atoms with van der Waals surface area (Å²) < 4.78 is 16.0. The van der Waals surface area contributed by atoms with Crippen molar-refractivity contribution in [1.29, 1.82) is 0 Å². The van der Waals surface area contributed by atoms with Gasteiger partial charge in [0, 0.05) is 0 Å². The van der Waals surface area contributed by atoms with Crippen molar-refractivity contribution in [3.63, 3.8) is 0 Å². The lowest BCUT2D eigenvalue weighted by Crippen LogP contribution is -2.48. The minimum atomic E-state index is -1.67. The van der Waals surface area contributed by atoms with E-state index in [-0.39, 0.29) is 23.0 Å². The number of benzene rings is 3. The second-order valence-corrected chi connectivity index (χ2v) is 7.10. The normalized spacial score (nSPS) is 13.1. The predicted octanol–water partition coefficient (Wildman–Crippen LogP) is 2.85. The third-order valence-corrected chi connectivity index (χ3v) is 4.78. The second-order valence-electron chi connectivity index (χ2n) is 7.10. The van der Waals surface area contributed by atoms with Gasteiger partial charge in [-0.3, -0.25) is 4.79 Å². The zero-order valence-corrected chi connectivity index (χ0v) is 18.0. The van der Waals surface area contributed by atoms with Crippen molar-refractivity contribution < 1.29 is 38.5 Å². The maximum Gasteiger partial charge on any atom is 0.338 e. The maximum absolute atomic E-state index is 12.7. The summed E-state index contributed by atoms with van der Waals surface area (Å²) in [7, 11) is 0. The number of carbonyl (C=O) groups is 4. The zero-order valence-electron chi connectivity index (χ0n) is 18.0. The van der Waals surface area contributed by atoms with E-state index in [1.54, 1.807) is 54.6 Å². The van der Waals surface area contributed by atoms with Crippen LogP contribution in [0.3, 0.4) is 0 Å². The number of rotatable bonds is 10. The molecule has 1 N–H and O–H groups in total. The molecule has 8 nitrogen and oxygen atoms in total. The molecule has 3 atom stereocenters. The lowest BCUT2D eigenvalue weighted by atomic mass is 10.1. The first-order valence-corrected chi connectivity index (χ1v) is 10.4. The molecular weight excluding hydrogens is 440 g/mol. The van der Waals surface area contributed by atoms with Crippen molar-refractivity contribution in [2.75, 3.05) is 6.61 Å². The van der Waals surface area contributed by atoms with Gasteiger partial charge < -0.3 is 19.3 Å². The minimum Gasteiger partial charge on any atom is -0.452 e. The molecular formula is C26H22O8. The second kappa shape index (κ2) is 12.1. The van der Waals surface area contributed by atoms with Gasteiger partial charge in [0.15, 0.2) is 24.6 Å². The Kier molecular flexibility index (Phi) is 8.65. The number of aldehydes is 1. The first-order chi connectivity index (χ1) is 16.5. The van der Waals surface area contributed by atoms with Crippen LogP contribution in [0, 0.1) is 0 Å². The number of aliphatic hydroxyl groups is 1. The van der Waals surface area contributed by atoms with Crippen LogP contribution in [-0.4, -0.2) is 54.2 Å².